The Bertz CT molecular complexity index is 1930. The number of hydrogen-bond donors (Lipinski definition) is 5. The number of amides is 3. The molecule has 52 heavy (non-hydrogen) atoms. The lowest BCUT2D eigenvalue weighted by Gasteiger charge is -2.37. The Morgan fingerprint density at radius 1 is 0.654 bits per heavy atom. The van der Waals surface area contributed by atoms with Gasteiger partial charge in [-0.1, -0.05) is 31.3 Å². The van der Waals surface area contributed by atoms with Crippen LogP contribution in [0.3, 0.4) is 0 Å². The SMILES string of the molecule is Cc1cc(C(=O)N(CC(=O)N(CC(=O)O)CC(=O)O)CC(=O)N(CC(=O)O)CC(=O)O)ccc1C1=C2C=CC(=O)C=C2[Si](C)(C)c2cc(O)ccc21. The van der Waals surface area contributed by atoms with Crippen molar-refractivity contribution in [2.75, 3.05) is 39.3 Å². The Morgan fingerprint density at radius 3 is 1.63 bits per heavy atom. The van der Waals surface area contributed by atoms with Gasteiger partial charge in [-0.05, 0) is 81.6 Å². The molecule has 2 aliphatic rings. The molecule has 2 aromatic rings. The average Bonchev–Trinajstić information content (AvgIpc) is 3.03. The summed E-state index contributed by atoms with van der Waals surface area (Å²) in [4.78, 5) is 99.8. The van der Waals surface area contributed by atoms with Crippen LogP contribution < -0.4 is 5.19 Å². The number of aromatic hydroxyl groups is 1. The average molecular weight is 734 g/mol. The van der Waals surface area contributed by atoms with Gasteiger partial charge in [0.05, 0.1) is 0 Å². The van der Waals surface area contributed by atoms with Gasteiger partial charge >= 0.3 is 23.9 Å². The van der Waals surface area contributed by atoms with E-state index in [2.05, 4.69) is 13.1 Å². The van der Waals surface area contributed by atoms with Gasteiger partial charge in [0.1, 0.15) is 53.1 Å². The molecule has 17 heteroatoms. The fourth-order valence-electron chi connectivity index (χ4n) is 6.21. The smallest absolute Gasteiger partial charge is 0.323 e. The molecule has 0 fully saturated rings. The first-order valence-electron chi connectivity index (χ1n) is 15.7. The molecule has 272 valence electrons. The van der Waals surface area contributed by atoms with Crippen LogP contribution in [0.15, 0.2) is 65.4 Å². The Morgan fingerprint density at radius 2 is 1.15 bits per heavy atom. The van der Waals surface area contributed by atoms with E-state index in [1.165, 1.54) is 18.2 Å². The molecule has 2 aromatic carbocycles. The Kier molecular flexibility index (Phi) is 11.3. The van der Waals surface area contributed by atoms with Crippen molar-refractivity contribution in [2.45, 2.75) is 20.0 Å². The van der Waals surface area contributed by atoms with Gasteiger partial charge < -0.3 is 40.2 Å². The summed E-state index contributed by atoms with van der Waals surface area (Å²) in [6.07, 6.45) is 4.77. The third-order valence-electron chi connectivity index (χ3n) is 8.57. The maximum atomic E-state index is 14.0. The van der Waals surface area contributed by atoms with Gasteiger partial charge in [-0.2, -0.15) is 0 Å². The van der Waals surface area contributed by atoms with E-state index in [1.807, 2.05) is 0 Å². The van der Waals surface area contributed by atoms with Crippen molar-refractivity contribution >= 4 is 66.2 Å². The summed E-state index contributed by atoms with van der Waals surface area (Å²) in [6.45, 7) is -0.406. The van der Waals surface area contributed by atoms with Crippen molar-refractivity contribution in [1.82, 2.24) is 14.7 Å². The van der Waals surface area contributed by atoms with Crippen molar-refractivity contribution in [2.24, 2.45) is 0 Å². The number of carboxylic acids is 4. The quantitative estimate of drug-likeness (QED) is 0.166. The van der Waals surface area contributed by atoms with Crippen LogP contribution in [0.25, 0.3) is 5.57 Å². The second-order valence-electron chi connectivity index (χ2n) is 12.7. The molecule has 0 spiro atoms. The number of fused-ring (bicyclic) bond motifs is 2. The molecule has 0 aromatic heterocycles. The number of ketones is 1. The van der Waals surface area contributed by atoms with Crippen molar-refractivity contribution in [3.05, 3.63) is 87.6 Å². The number of carbonyl (C=O) groups is 8. The number of carbonyl (C=O) groups excluding carboxylic acids is 4. The first-order chi connectivity index (χ1) is 24.3. The van der Waals surface area contributed by atoms with E-state index in [4.69, 9.17) is 0 Å². The molecular weight excluding hydrogens is 698 g/mol. The zero-order chi connectivity index (χ0) is 38.7. The molecule has 1 heterocycles. The normalized spacial score (nSPS) is 14.1. The highest BCUT2D eigenvalue weighted by Gasteiger charge is 2.40. The van der Waals surface area contributed by atoms with Gasteiger partial charge in [0.2, 0.25) is 11.8 Å². The van der Waals surface area contributed by atoms with Crippen LogP contribution >= 0.6 is 0 Å². The zero-order valence-corrected chi connectivity index (χ0v) is 29.3. The molecular formula is C35H35N3O13Si. The highest BCUT2D eigenvalue weighted by molar-refractivity contribution is 6.98. The first kappa shape index (κ1) is 38.4. The Hall–Kier alpha value is -6.36. The summed E-state index contributed by atoms with van der Waals surface area (Å²) in [5.74, 6) is -9.64. The highest BCUT2D eigenvalue weighted by atomic mass is 28.3. The maximum absolute atomic E-state index is 14.0. The summed E-state index contributed by atoms with van der Waals surface area (Å²) in [7, 11) is -2.48. The fourth-order valence-corrected chi connectivity index (χ4v) is 9.27. The number of aryl methyl sites for hydroxylation is 1. The third-order valence-corrected chi connectivity index (χ3v) is 12.1. The molecule has 0 unspecified atom stereocenters. The Balaban J connectivity index is 1.79. The number of aliphatic carboxylic acids is 4. The van der Waals surface area contributed by atoms with Gasteiger partial charge in [-0.15, -0.1) is 0 Å². The molecule has 0 radical (unpaired) electrons. The molecule has 16 nitrogen and oxygen atoms in total. The molecule has 1 aliphatic heterocycles. The van der Waals surface area contributed by atoms with E-state index < -0.39 is 88.9 Å². The minimum absolute atomic E-state index is 0.0535. The van der Waals surface area contributed by atoms with Crippen molar-refractivity contribution < 1.29 is 63.9 Å². The number of rotatable bonds is 14. The predicted octanol–water partition coefficient (Wildman–Crippen LogP) is 0.474. The highest BCUT2D eigenvalue weighted by Crippen LogP contribution is 2.42. The van der Waals surface area contributed by atoms with Gasteiger partial charge in [-0.25, -0.2) is 0 Å². The lowest BCUT2D eigenvalue weighted by atomic mass is 9.87. The van der Waals surface area contributed by atoms with Crippen LogP contribution in [-0.4, -0.2) is 135 Å². The van der Waals surface area contributed by atoms with Crippen LogP contribution in [0.5, 0.6) is 5.75 Å². The predicted molar refractivity (Wildman–Crippen MR) is 184 cm³/mol. The molecule has 4 rings (SSSR count). The standard InChI is InChI=1S/C35H35N3O13Si/c1-19-10-20(4-7-23(19)34-24-8-5-21(39)11-26(24)52(2,3)27-12-22(40)6-9-25(27)34)35(51)38(13-28(41)36(15-30(43)44)16-31(45)46)14-29(42)37(17-32(47)48)18-33(49)50/h4-12,39H,13-18H2,1-3H3,(H,43,44)(H,45,46)(H,47,48)(H,49,50). The van der Waals surface area contributed by atoms with Crippen molar-refractivity contribution in [3.63, 3.8) is 0 Å². The van der Waals surface area contributed by atoms with E-state index >= 15 is 0 Å². The van der Waals surface area contributed by atoms with Gasteiger partial charge in [0, 0.05) is 5.56 Å². The van der Waals surface area contributed by atoms with Crippen LogP contribution in [-0.2, 0) is 33.6 Å². The number of benzene rings is 2. The number of nitrogens with zero attached hydrogens (tertiary/aromatic N) is 3. The van der Waals surface area contributed by atoms with Gasteiger partial charge in [-0.3, -0.25) is 38.4 Å². The fraction of sp³-hybridized carbons (Fsp3) is 0.257. The van der Waals surface area contributed by atoms with Gasteiger partial charge in [0.15, 0.2) is 5.78 Å². The number of phenolic OH excluding ortho intramolecular Hbond substituents is 1. The number of phenols is 1. The maximum Gasteiger partial charge on any atom is 0.323 e. The number of hydrogen-bond acceptors (Lipinski definition) is 9. The lowest BCUT2D eigenvalue weighted by molar-refractivity contribution is -0.150. The van der Waals surface area contributed by atoms with Crippen LogP contribution in [0, 0.1) is 6.92 Å². The third kappa shape index (κ3) is 8.49. The summed E-state index contributed by atoms with van der Waals surface area (Å²) >= 11 is 0. The summed E-state index contributed by atoms with van der Waals surface area (Å²) < 4.78 is 0. The van der Waals surface area contributed by atoms with E-state index in [0.29, 0.717) is 25.8 Å². The van der Waals surface area contributed by atoms with Crippen LogP contribution in [0.4, 0.5) is 0 Å². The largest absolute Gasteiger partial charge is 0.508 e. The van der Waals surface area contributed by atoms with E-state index in [1.54, 1.807) is 43.3 Å². The second kappa shape index (κ2) is 15.3. The molecule has 0 atom stereocenters. The van der Waals surface area contributed by atoms with Crippen molar-refractivity contribution in [1.29, 1.82) is 0 Å². The van der Waals surface area contributed by atoms with E-state index in [-0.39, 0.29) is 17.1 Å². The summed E-state index contributed by atoms with van der Waals surface area (Å²) in [6, 6.07) is 9.48. The first-order valence-corrected chi connectivity index (χ1v) is 18.7. The number of carboxylic acid groups (broad SMARTS) is 4. The van der Waals surface area contributed by atoms with E-state index in [0.717, 1.165) is 27.1 Å². The molecule has 0 bridgehead atoms. The minimum Gasteiger partial charge on any atom is -0.508 e. The molecule has 0 saturated carbocycles. The van der Waals surface area contributed by atoms with Crippen LogP contribution in [0.1, 0.15) is 27.0 Å². The molecule has 3 amide bonds. The van der Waals surface area contributed by atoms with E-state index in [9.17, 15) is 63.9 Å². The summed E-state index contributed by atoms with van der Waals surface area (Å²) in [5.41, 5.74) is 3.45. The number of allylic oxidation sites excluding steroid dienone is 5. The monoisotopic (exact) mass is 733 g/mol. The van der Waals surface area contributed by atoms with Crippen LogP contribution in [0.2, 0.25) is 13.1 Å². The topological polar surface area (TPSA) is 247 Å². The Labute approximate surface area is 297 Å². The lowest BCUT2D eigenvalue weighted by Crippen LogP contribution is -2.50. The zero-order valence-electron chi connectivity index (χ0n) is 28.3. The van der Waals surface area contributed by atoms with Gasteiger partial charge in [0.25, 0.3) is 5.91 Å². The minimum atomic E-state index is -2.48. The molecule has 5 N–H and O–H groups in total. The summed E-state index contributed by atoms with van der Waals surface area (Å²) in [5, 5.41) is 49.0. The second-order valence-corrected chi connectivity index (χ2v) is 17.0. The molecule has 1 aliphatic carbocycles. The van der Waals surface area contributed by atoms with Crippen molar-refractivity contribution in [3.8, 4) is 5.75 Å². The molecule has 0 saturated heterocycles.